The standard InChI is InChI=1S/C41H56BClN6O11S/c1-12-48-15-16-49(33(52)32(48)51)36(54)46-29(24-20-61-35(44-24)47-37(55)58-39(5,6)7)31(50)45-27(42-59-26-19-22-18-25(40(22,8)9)41(26,10)60-42)17-21-13-14-23(43)28(30(21)56-11)34(53)57-38(2,3)4/h13-14,20,22,25-27,29H,12,15-19H2,1-11H3,(H,45,50)(H,46,54)(H,44,47,55)/t22-,25-,26+,27?,29?,41-/m0/s1. The maximum absolute atomic E-state index is 14.8. The average molecular weight is 887 g/mol. The van der Waals surface area contributed by atoms with Crippen molar-refractivity contribution in [1.82, 2.24) is 25.4 Å². The minimum absolute atomic E-state index is 0.00172. The summed E-state index contributed by atoms with van der Waals surface area (Å²) < 4.78 is 30.4. The predicted octanol–water partition coefficient (Wildman–Crippen LogP) is 5.54. The molecule has 6 atom stereocenters. The molecule has 0 spiro atoms. The Hall–Kier alpha value is -4.46. The van der Waals surface area contributed by atoms with Gasteiger partial charge in [-0.25, -0.2) is 19.4 Å². The average Bonchev–Trinajstić information content (AvgIpc) is 3.76. The number of likely N-dealkylation sites (N-methyl/N-ethyl adjacent to an activating group) is 1. The number of hydrogen-bond acceptors (Lipinski definition) is 13. The molecule has 332 valence electrons. The molecule has 2 aromatic rings. The Balaban J connectivity index is 1.36. The third-order valence-corrected chi connectivity index (χ3v) is 13.0. The smallest absolute Gasteiger partial charge is 0.482 e. The molecule has 1 aromatic heterocycles. The number of piperazine rings is 1. The van der Waals surface area contributed by atoms with E-state index in [0.29, 0.717) is 11.5 Å². The molecule has 3 saturated carbocycles. The lowest BCUT2D eigenvalue weighted by molar-refractivity contribution is -0.199. The van der Waals surface area contributed by atoms with Crippen LogP contribution in [-0.4, -0.2) is 113 Å². The van der Waals surface area contributed by atoms with E-state index in [4.69, 9.17) is 35.1 Å². The SMILES string of the molecule is CCN1CCN(C(=O)NC(C(=O)NC(Cc2ccc(Cl)c(C(=O)OC(C)(C)C)c2OC)B2O[C@@H]3C[C@@H]4C[C@@H](C4(C)C)[C@]3(C)O2)c2csc(NC(=O)OC(C)(C)C)n2)C(=O)C1=O. The molecule has 2 unspecified atom stereocenters. The number of anilines is 1. The van der Waals surface area contributed by atoms with Gasteiger partial charge in [-0.3, -0.25) is 24.6 Å². The number of esters is 1. The van der Waals surface area contributed by atoms with E-state index in [2.05, 4.69) is 34.8 Å². The number of halogens is 1. The second-order valence-corrected chi connectivity index (χ2v) is 20.0. The molecule has 2 saturated heterocycles. The third kappa shape index (κ3) is 9.49. The molecule has 0 radical (unpaired) electrons. The minimum atomic E-state index is -1.57. The molecule has 2 bridgehead atoms. The number of urea groups is 1. The summed E-state index contributed by atoms with van der Waals surface area (Å²) in [5, 5.41) is 9.82. The van der Waals surface area contributed by atoms with Crippen molar-refractivity contribution < 1.29 is 52.3 Å². The molecule has 17 nitrogen and oxygen atoms in total. The lowest BCUT2D eigenvalue weighted by Crippen LogP contribution is -2.65. The number of methoxy groups -OCH3 is 1. The zero-order valence-corrected chi connectivity index (χ0v) is 38.1. The van der Waals surface area contributed by atoms with Crippen LogP contribution in [-0.2, 0) is 39.6 Å². The lowest BCUT2D eigenvalue weighted by atomic mass is 9.43. The van der Waals surface area contributed by atoms with Gasteiger partial charge in [0.2, 0.25) is 5.91 Å². The van der Waals surface area contributed by atoms with Crippen molar-refractivity contribution in [3.8, 4) is 5.75 Å². The van der Waals surface area contributed by atoms with Crippen molar-refractivity contribution in [2.24, 2.45) is 17.3 Å². The molecule has 6 amide bonds. The Morgan fingerprint density at radius 3 is 2.33 bits per heavy atom. The Morgan fingerprint density at radius 1 is 1.02 bits per heavy atom. The highest BCUT2D eigenvalue weighted by Gasteiger charge is 2.68. The van der Waals surface area contributed by atoms with Gasteiger partial charge in [0.15, 0.2) is 11.2 Å². The maximum atomic E-state index is 14.8. The van der Waals surface area contributed by atoms with Gasteiger partial charge in [0, 0.05) is 25.0 Å². The fraction of sp³-hybridized carbons (Fsp3) is 0.634. The summed E-state index contributed by atoms with van der Waals surface area (Å²) in [5.74, 6) is -3.63. The fourth-order valence-electron chi connectivity index (χ4n) is 8.82. The van der Waals surface area contributed by atoms with Crippen molar-refractivity contribution >= 4 is 71.0 Å². The Morgan fingerprint density at radius 2 is 1.70 bits per heavy atom. The van der Waals surface area contributed by atoms with Gasteiger partial charge in [-0.15, -0.1) is 11.3 Å². The monoisotopic (exact) mass is 886 g/mol. The molecular weight excluding hydrogens is 831 g/mol. The number of thiazole rings is 1. The van der Waals surface area contributed by atoms with Crippen LogP contribution in [0, 0.1) is 17.3 Å². The quantitative estimate of drug-likeness (QED) is 0.145. The highest BCUT2D eigenvalue weighted by molar-refractivity contribution is 7.13. The van der Waals surface area contributed by atoms with Crippen molar-refractivity contribution in [3.05, 3.63) is 39.4 Å². The number of amides is 6. The summed E-state index contributed by atoms with van der Waals surface area (Å²) in [6.45, 7) is 18.8. The van der Waals surface area contributed by atoms with Crippen LogP contribution in [0.2, 0.25) is 5.02 Å². The van der Waals surface area contributed by atoms with Crippen LogP contribution in [0.1, 0.15) is 110 Å². The minimum Gasteiger partial charge on any atom is -0.496 e. The third-order valence-electron chi connectivity index (χ3n) is 12.0. The predicted molar refractivity (Wildman–Crippen MR) is 226 cm³/mol. The maximum Gasteiger partial charge on any atom is 0.482 e. The van der Waals surface area contributed by atoms with E-state index in [1.807, 2.05) is 6.92 Å². The first-order valence-electron chi connectivity index (χ1n) is 20.5. The lowest BCUT2D eigenvalue weighted by Gasteiger charge is -2.64. The zero-order valence-electron chi connectivity index (χ0n) is 36.6. The molecule has 3 N–H and O–H groups in total. The van der Waals surface area contributed by atoms with Crippen LogP contribution in [0.4, 0.5) is 14.7 Å². The molecule has 5 aliphatic rings. The van der Waals surface area contributed by atoms with Gasteiger partial charge in [-0.2, -0.15) is 0 Å². The summed E-state index contributed by atoms with van der Waals surface area (Å²) >= 11 is 7.57. The van der Waals surface area contributed by atoms with E-state index in [0.717, 1.165) is 29.1 Å². The molecule has 61 heavy (non-hydrogen) atoms. The Bertz CT molecular complexity index is 2090. The molecule has 20 heteroatoms. The van der Waals surface area contributed by atoms with Crippen LogP contribution in [0.3, 0.4) is 0 Å². The molecule has 1 aromatic carbocycles. The van der Waals surface area contributed by atoms with Crippen LogP contribution >= 0.6 is 22.9 Å². The second-order valence-electron chi connectivity index (χ2n) is 18.7. The normalized spacial score (nSPS) is 24.3. The first kappa shape index (κ1) is 46.1. The molecule has 5 fully saturated rings. The number of imide groups is 1. The zero-order chi connectivity index (χ0) is 45.0. The van der Waals surface area contributed by atoms with Crippen LogP contribution in [0.25, 0.3) is 0 Å². The number of ether oxygens (including phenoxy) is 3. The number of carbonyl (C=O) groups excluding carboxylic acids is 6. The fourth-order valence-corrected chi connectivity index (χ4v) is 9.76. The van der Waals surface area contributed by atoms with Crippen molar-refractivity contribution in [1.29, 1.82) is 0 Å². The second kappa shape index (κ2) is 17.0. The van der Waals surface area contributed by atoms with Gasteiger partial charge >= 0.3 is 37.0 Å². The molecular formula is C41H56BClN6O11S. The van der Waals surface area contributed by atoms with Crippen LogP contribution < -0.4 is 20.7 Å². The van der Waals surface area contributed by atoms with Crippen LogP contribution in [0.5, 0.6) is 5.75 Å². The number of nitrogens with zero attached hydrogens (tertiary/aromatic N) is 3. The number of aromatic nitrogens is 1. The van der Waals surface area contributed by atoms with Crippen molar-refractivity contribution in [2.75, 3.05) is 32.1 Å². The summed E-state index contributed by atoms with van der Waals surface area (Å²) in [6, 6.07) is 0.643. The molecule has 3 aliphatic carbocycles. The Labute approximate surface area is 365 Å². The van der Waals surface area contributed by atoms with E-state index in [9.17, 15) is 28.8 Å². The van der Waals surface area contributed by atoms with E-state index >= 15 is 0 Å². The largest absolute Gasteiger partial charge is 0.496 e. The van der Waals surface area contributed by atoms with Gasteiger partial charge in [-0.1, -0.05) is 31.5 Å². The molecule has 3 heterocycles. The summed E-state index contributed by atoms with van der Waals surface area (Å²) in [4.78, 5) is 87.2. The number of benzene rings is 1. The number of carbonyl (C=O) groups is 6. The van der Waals surface area contributed by atoms with E-state index in [1.54, 1.807) is 60.6 Å². The van der Waals surface area contributed by atoms with E-state index in [-0.39, 0.29) is 70.7 Å². The topological polar surface area (TPSA) is 204 Å². The first-order valence-corrected chi connectivity index (χ1v) is 21.7. The van der Waals surface area contributed by atoms with Crippen molar-refractivity contribution in [3.63, 3.8) is 0 Å². The van der Waals surface area contributed by atoms with Crippen LogP contribution in [0.15, 0.2) is 17.5 Å². The highest BCUT2D eigenvalue weighted by atomic mass is 35.5. The van der Waals surface area contributed by atoms with E-state index < -0.39 is 71.7 Å². The van der Waals surface area contributed by atoms with Gasteiger partial charge in [0.05, 0.1) is 35.5 Å². The molecule has 2 aliphatic heterocycles. The number of hydrogen-bond donors (Lipinski definition) is 3. The summed E-state index contributed by atoms with van der Waals surface area (Å²) in [6.07, 6.45) is 0.655. The summed E-state index contributed by atoms with van der Waals surface area (Å²) in [7, 11) is 0.379. The number of rotatable bonds is 11. The van der Waals surface area contributed by atoms with Gasteiger partial charge < -0.3 is 39.1 Å². The van der Waals surface area contributed by atoms with E-state index in [1.165, 1.54) is 17.4 Å². The summed E-state index contributed by atoms with van der Waals surface area (Å²) in [5.41, 5.74) is -1.85. The highest BCUT2D eigenvalue weighted by Crippen LogP contribution is 2.65. The van der Waals surface area contributed by atoms with Gasteiger partial charge in [0.1, 0.15) is 22.5 Å². The van der Waals surface area contributed by atoms with Gasteiger partial charge in [-0.05, 0) is 104 Å². The number of nitrogens with one attached hydrogen (secondary N) is 3. The first-order chi connectivity index (χ1) is 28.4. The van der Waals surface area contributed by atoms with Crippen molar-refractivity contribution in [2.45, 2.75) is 123 Å². The molecule has 7 rings (SSSR count). The van der Waals surface area contributed by atoms with Gasteiger partial charge in [0.25, 0.3) is 0 Å². The Kier molecular flexibility index (Phi) is 12.8.